The fourth-order valence-electron chi connectivity index (χ4n) is 1.58. The maximum Gasteiger partial charge on any atom is 0.131 e. The average molecular weight is 308 g/mol. The van der Waals surface area contributed by atoms with E-state index in [1.807, 2.05) is 37.3 Å². The van der Waals surface area contributed by atoms with E-state index in [1.54, 1.807) is 0 Å². The molecule has 1 aromatic carbocycles. The van der Waals surface area contributed by atoms with Gasteiger partial charge in [0.1, 0.15) is 16.2 Å². The number of halogens is 1. The van der Waals surface area contributed by atoms with Gasteiger partial charge in [-0.1, -0.05) is 24.3 Å². The lowest BCUT2D eigenvalue weighted by atomic mass is 10.1. The van der Waals surface area contributed by atoms with Gasteiger partial charge in [0.05, 0.1) is 6.61 Å². The van der Waals surface area contributed by atoms with Gasteiger partial charge < -0.3 is 10.4 Å². The highest BCUT2D eigenvalue weighted by molar-refractivity contribution is 9.10. The van der Waals surface area contributed by atoms with Gasteiger partial charge in [0.25, 0.3) is 0 Å². The molecule has 0 radical (unpaired) electrons. The van der Waals surface area contributed by atoms with Crippen LogP contribution in [0.25, 0.3) is 0 Å². The van der Waals surface area contributed by atoms with Gasteiger partial charge in [-0.25, -0.2) is 9.97 Å². The van der Waals surface area contributed by atoms with E-state index in [0.717, 1.165) is 27.4 Å². The summed E-state index contributed by atoms with van der Waals surface area (Å²) in [5.74, 6) is 1.52. The van der Waals surface area contributed by atoms with Gasteiger partial charge in [-0.2, -0.15) is 0 Å². The number of hydrogen-bond donors (Lipinski definition) is 2. The molecular weight excluding hydrogens is 294 g/mol. The second kappa shape index (κ2) is 5.93. The number of rotatable bonds is 4. The third kappa shape index (κ3) is 3.51. The number of nitrogens with one attached hydrogen (secondary N) is 1. The van der Waals surface area contributed by atoms with E-state index >= 15 is 0 Å². The first kappa shape index (κ1) is 13.0. The van der Waals surface area contributed by atoms with Crippen LogP contribution in [0.4, 0.5) is 5.82 Å². The Labute approximate surface area is 114 Å². The number of benzene rings is 1. The zero-order chi connectivity index (χ0) is 13.0. The Morgan fingerprint density at radius 2 is 1.83 bits per heavy atom. The number of hydrogen-bond acceptors (Lipinski definition) is 4. The summed E-state index contributed by atoms with van der Waals surface area (Å²) >= 11 is 3.34. The largest absolute Gasteiger partial charge is 0.392 e. The third-order valence-electron chi connectivity index (χ3n) is 2.49. The third-order valence-corrected chi connectivity index (χ3v) is 2.89. The van der Waals surface area contributed by atoms with Crippen LogP contribution in [-0.2, 0) is 13.2 Å². The van der Waals surface area contributed by atoms with E-state index < -0.39 is 0 Å². The van der Waals surface area contributed by atoms with Crippen LogP contribution in [0, 0.1) is 6.92 Å². The van der Waals surface area contributed by atoms with Crippen molar-refractivity contribution in [3.05, 3.63) is 51.9 Å². The van der Waals surface area contributed by atoms with Gasteiger partial charge in [-0.15, -0.1) is 0 Å². The van der Waals surface area contributed by atoms with Gasteiger partial charge in [-0.3, -0.25) is 0 Å². The van der Waals surface area contributed by atoms with Crippen molar-refractivity contribution < 1.29 is 5.11 Å². The maximum atomic E-state index is 8.96. The van der Waals surface area contributed by atoms with Crippen molar-refractivity contribution in [1.82, 2.24) is 9.97 Å². The van der Waals surface area contributed by atoms with Gasteiger partial charge in [0, 0.05) is 12.6 Å². The molecular formula is C13H14BrN3O. The SMILES string of the molecule is Cc1nc(Br)cc(NCc2ccc(CO)cc2)n1. The normalized spacial score (nSPS) is 10.4. The quantitative estimate of drug-likeness (QED) is 0.853. The van der Waals surface area contributed by atoms with Crippen LogP contribution in [0.2, 0.25) is 0 Å². The van der Waals surface area contributed by atoms with E-state index in [2.05, 4.69) is 31.2 Å². The van der Waals surface area contributed by atoms with E-state index in [9.17, 15) is 0 Å². The molecule has 0 aliphatic heterocycles. The summed E-state index contributed by atoms with van der Waals surface area (Å²) in [6, 6.07) is 9.65. The van der Waals surface area contributed by atoms with Gasteiger partial charge in [0.15, 0.2) is 0 Å². The maximum absolute atomic E-state index is 8.96. The Hall–Kier alpha value is -1.46. The number of aliphatic hydroxyl groups excluding tert-OH is 1. The molecule has 4 nitrogen and oxygen atoms in total. The molecule has 5 heteroatoms. The molecule has 2 N–H and O–H groups in total. The lowest BCUT2D eigenvalue weighted by Gasteiger charge is -2.07. The number of anilines is 1. The highest BCUT2D eigenvalue weighted by Gasteiger charge is 2.00. The van der Waals surface area contributed by atoms with Gasteiger partial charge >= 0.3 is 0 Å². The Morgan fingerprint density at radius 3 is 2.44 bits per heavy atom. The summed E-state index contributed by atoms with van der Waals surface area (Å²) in [5, 5.41) is 12.2. The van der Waals surface area contributed by atoms with Crippen LogP contribution >= 0.6 is 15.9 Å². The summed E-state index contributed by atoms with van der Waals surface area (Å²) in [6.45, 7) is 2.62. The molecule has 0 atom stereocenters. The minimum atomic E-state index is 0.0752. The van der Waals surface area contributed by atoms with E-state index in [0.29, 0.717) is 6.54 Å². The zero-order valence-electron chi connectivity index (χ0n) is 10.0. The Kier molecular flexibility index (Phi) is 4.28. The molecule has 1 heterocycles. The predicted octanol–water partition coefficient (Wildman–Crippen LogP) is 2.65. The Bertz CT molecular complexity index is 508. The highest BCUT2D eigenvalue weighted by Crippen LogP contribution is 2.13. The minimum absolute atomic E-state index is 0.0752. The fourth-order valence-corrected chi connectivity index (χ4v) is 2.05. The molecule has 2 aromatic rings. The minimum Gasteiger partial charge on any atom is -0.392 e. The monoisotopic (exact) mass is 307 g/mol. The van der Waals surface area contributed by atoms with E-state index in [-0.39, 0.29) is 6.61 Å². The first-order valence-corrected chi connectivity index (χ1v) is 6.40. The van der Waals surface area contributed by atoms with Gasteiger partial charge in [-0.05, 0) is 34.0 Å². The van der Waals surface area contributed by atoms with Crippen molar-refractivity contribution in [2.24, 2.45) is 0 Å². The molecule has 1 aromatic heterocycles. The van der Waals surface area contributed by atoms with E-state index in [1.165, 1.54) is 0 Å². The standard InChI is InChI=1S/C13H14BrN3O/c1-9-16-12(14)6-13(17-9)15-7-10-2-4-11(8-18)5-3-10/h2-6,18H,7-8H2,1H3,(H,15,16,17). The van der Waals surface area contributed by atoms with Crippen LogP contribution in [-0.4, -0.2) is 15.1 Å². The fraction of sp³-hybridized carbons (Fsp3) is 0.231. The topological polar surface area (TPSA) is 58.0 Å². The van der Waals surface area contributed by atoms with Crippen molar-refractivity contribution in [1.29, 1.82) is 0 Å². The second-order valence-corrected chi connectivity index (χ2v) is 4.76. The van der Waals surface area contributed by atoms with Crippen molar-refractivity contribution >= 4 is 21.7 Å². The van der Waals surface area contributed by atoms with Crippen molar-refractivity contribution in [3.63, 3.8) is 0 Å². The number of nitrogens with zero attached hydrogens (tertiary/aromatic N) is 2. The van der Waals surface area contributed by atoms with Crippen LogP contribution in [0.15, 0.2) is 34.9 Å². The Balaban J connectivity index is 2.01. The molecule has 0 bridgehead atoms. The molecule has 0 amide bonds. The summed E-state index contributed by atoms with van der Waals surface area (Å²) < 4.78 is 0.771. The molecule has 0 aliphatic rings. The summed E-state index contributed by atoms with van der Waals surface area (Å²) in [7, 11) is 0. The van der Waals surface area contributed by atoms with Crippen LogP contribution in [0.5, 0.6) is 0 Å². The van der Waals surface area contributed by atoms with E-state index in [4.69, 9.17) is 5.11 Å². The first-order valence-electron chi connectivity index (χ1n) is 5.61. The molecule has 2 rings (SSSR count). The first-order chi connectivity index (χ1) is 8.67. The number of aromatic nitrogens is 2. The molecule has 18 heavy (non-hydrogen) atoms. The average Bonchev–Trinajstić information content (AvgIpc) is 2.36. The lowest BCUT2D eigenvalue weighted by Crippen LogP contribution is -2.03. The molecule has 0 aliphatic carbocycles. The summed E-state index contributed by atoms with van der Waals surface area (Å²) in [5.41, 5.74) is 2.05. The second-order valence-electron chi connectivity index (χ2n) is 3.95. The summed E-state index contributed by atoms with van der Waals surface area (Å²) in [4.78, 5) is 8.44. The van der Waals surface area contributed by atoms with Crippen LogP contribution in [0.3, 0.4) is 0 Å². The van der Waals surface area contributed by atoms with Gasteiger partial charge in [0.2, 0.25) is 0 Å². The molecule has 94 valence electrons. The molecule has 0 fully saturated rings. The lowest BCUT2D eigenvalue weighted by molar-refractivity contribution is 0.282. The van der Waals surface area contributed by atoms with Crippen molar-refractivity contribution in [3.8, 4) is 0 Å². The summed E-state index contributed by atoms with van der Waals surface area (Å²) in [6.07, 6.45) is 0. The molecule has 0 unspecified atom stereocenters. The van der Waals surface area contributed by atoms with Crippen LogP contribution < -0.4 is 5.32 Å². The predicted molar refractivity (Wildman–Crippen MR) is 74.2 cm³/mol. The van der Waals surface area contributed by atoms with Crippen molar-refractivity contribution in [2.45, 2.75) is 20.1 Å². The highest BCUT2D eigenvalue weighted by atomic mass is 79.9. The van der Waals surface area contributed by atoms with Crippen LogP contribution in [0.1, 0.15) is 17.0 Å². The molecule has 0 spiro atoms. The smallest absolute Gasteiger partial charge is 0.131 e. The zero-order valence-corrected chi connectivity index (χ0v) is 11.6. The molecule has 0 saturated carbocycles. The molecule has 0 saturated heterocycles. The number of aryl methyl sites for hydroxylation is 1. The number of aliphatic hydroxyl groups is 1. The Morgan fingerprint density at radius 1 is 1.17 bits per heavy atom. The van der Waals surface area contributed by atoms with Crippen molar-refractivity contribution in [2.75, 3.05) is 5.32 Å².